The van der Waals surface area contributed by atoms with Gasteiger partial charge < -0.3 is 10.5 Å². The zero-order valence-electron chi connectivity index (χ0n) is 8.28. The Labute approximate surface area is 101 Å². The van der Waals surface area contributed by atoms with Gasteiger partial charge >= 0.3 is 0 Å². The van der Waals surface area contributed by atoms with Crippen molar-refractivity contribution in [3.8, 4) is 11.5 Å². The van der Waals surface area contributed by atoms with Crippen LogP contribution in [-0.2, 0) is 0 Å². The molecule has 2 rings (SSSR count). The first-order chi connectivity index (χ1) is 7.65. The largest absolute Gasteiger partial charge is 0.456 e. The van der Waals surface area contributed by atoms with Crippen LogP contribution in [0.25, 0.3) is 0 Å². The van der Waals surface area contributed by atoms with Gasteiger partial charge in [0, 0.05) is 17.8 Å². The molecule has 0 aromatic heterocycles. The summed E-state index contributed by atoms with van der Waals surface area (Å²) >= 11 is 3.34. The summed E-state index contributed by atoms with van der Waals surface area (Å²) in [4.78, 5) is 0. The van der Waals surface area contributed by atoms with Crippen molar-refractivity contribution in [3.05, 3.63) is 52.8 Å². The van der Waals surface area contributed by atoms with Crippen molar-refractivity contribution in [1.82, 2.24) is 0 Å². The molecule has 0 unspecified atom stereocenters. The Kier molecular flexibility index (Phi) is 3.10. The van der Waals surface area contributed by atoms with Gasteiger partial charge in [-0.3, -0.25) is 0 Å². The molecule has 2 nitrogen and oxygen atoms in total. The van der Waals surface area contributed by atoms with Crippen LogP contribution in [-0.4, -0.2) is 0 Å². The van der Waals surface area contributed by atoms with Gasteiger partial charge in [0.25, 0.3) is 0 Å². The first kappa shape index (κ1) is 11.0. The summed E-state index contributed by atoms with van der Waals surface area (Å²) < 4.78 is 19.4. The molecule has 0 heterocycles. The minimum atomic E-state index is -0.415. The molecule has 82 valence electrons. The average molecular weight is 282 g/mol. The maximum atomic E-state index is 13.1. The van der Waals surface area contributed by atoms with Crippen molar-refractivity contribution in [2.45, 2.75) is 0 Å². The molecule has 2 N–H and O–H groups in total. The molecule has 0 aliphatic heterocycles. The predicted octanol–water partition coefficient (Wildman–Crippen LogP) is 3.96. The van der Waals surface area contributed by atoms with E-state index in [1.54, 1.807) is 12.1 Å². The van der Waals surface area contributed by atoms with E-state index in [-0.39, 0.29) is 0 Å². The van der Waals surface area contributed by atoms with Gasteiger partial charge in [0.1, 0.15) is 17.3 Å². The average Bonchev–Trinajstić information content (AvgIpc) is 2.20. The number of benzene rings is 2. The zero-order valence-corrected chi connectivity index (χ0v) is 9.87. The number of anilines is 1. The van der Waals surface area contributed by atoms with Gasteiger partial charge in [-0.2, -0.15) is 0 Å². The lowest BCUT2D eigenvalue weighted by atomic mass is 10.3. The molecule has 4 heteroatoms. The number of hydrogen-bond acceptors (Lipinski definition) is 2. The molecule has 0 radical (unpaired) electrons. The number of hydrogen-bond donors (Lipinski definition) is 1. The zero-order chi connectivity index (χ0) is 11.5. The highest BCUT2D eigenvalue weighted by Crippen LogP contribution is 2.30. The Bertz CT molecular complexity index is 496. The Balaban J connectivity index is 2.30. The lowest BCUT2D eigenvalue weighted by molar-refractivity contribution is 0.474. The van der Waals surface area contributed by atoms with E-state index in [0.717, 1.165) is 4.47 Å². The van der Waals surface area contributed by atoms with Gasteiger partial charge in [-0.15, -0.1) is 0 Å². The summed E-state index contributed by atoms with van der Waals surface area (Å²) in [6.07, 6.45) is 0. The molecule has 16 heavy (non-hydrogen) atoms. The SMILES string of the molecule is Nc1cc(F)cc(Oc2ccccc2Br)c1. The summed E-state index contributed by atoms with van der Waals surface area (Å²) in [6, 6.07) is 11.4. The van der Waals surface area contributed by atoms with Crippen LogP contribution >= 0.6 is 15.9 Å². The minimum Gasteiger partial charge on any atom is -0.456 e. The van der Waals surface area contributed by atoms with E-state index >= 15 is 0 Å². The Morgan fingerprint density at radius 3 is 2.56 bits per heavy atom. The summed E-state index contributed by atoms with van der Waals surface area (Å²) in [6.45, 7) is 0. The molecular weight excluding hydrogens is 273 g/mol. The van der Waals surface area contributed by atoms with Crippen molar-refractivity contribution < 1.29 is 9.13 Å². The summed E-state index contributed by atoms with van der Waals surface area (Å²) in [5, 5.41) is 0. The molecular formula is C12H9BrFNO. The summed E-state index contributed by atoms with van der Waals surface area (Å²) in [5.74, 6) is 0.582. The van der Waals surface area contributed by atoms with Crippen LogP contribution in [0.1, 0.15) is 0 Å². The predicted molar refractivity (Wildman–Crippen MR) is 65.0 cm³/mol. The fourth-order valence-electron chi connectivity index (χ4n) is 1.30. The Morgan fingerprint density at radius 2 is 1.88 bits per heavy atom. The Morgan fingerprint density at radius 1 is 1.12 bits per heavy atom. The third-order valence-electron chi connectivity index (χ3n) is 1.96. The van der Waals surface area contributed by atoms with Crippen LogP contribution < -0.4 is 10.5 Å². The molecule has 0 atom stereocenters. The van der Waals surface area contributed by atoms with E-state index < -0.39 is 5.82 Å². The van der Waals surface area contributed by atoms with Gasteiger partial charge in [0.15, 0.2) is 0 Å². The van der Waals surface area contributed by atoms with Crippen LogP contribution in [0.5, 0.6) is 11.5 Å². The lowest BCUT2D eigenvalue weighted by Gasteiger charge is -2.08. The second-order valence-electron chi connectivity index (χ2n) is 3.25. The maximum absolute atomic E-state index is 13.1. The van der Waals surface area contributed by atoms with Gasteiger partial charge in [-0.25, -0.2) is 4.39 Å². The smallest absolute Gasteiger partial charge is 0.141 e. The number of ether oxygens (including phenoxy) is 1. The second-order valence-corrected chi connectivity index (χ2v) is 4.11. The van der Waals surface area contributed by atoms with Gasteiger partial charge in [0.2, 0.25) is 0 Å². The lowest BCUT2D eigenvalue weighted by Crippen LogP contribution is -1.90. The molecule has 2 aromatic rings. The standard InChI is InChI=1S/C12H9BrFNO/c13-11-3-1-2-4-12(11)16-10-6-8(14)5-9(15)7-10/h1-7H,15H2. The fourth-order valence-corrected chi connectivity index (χ4v) is 1.66. The van der Waals surface area contributed by atoms with E-state index in [2.05, 4.69) is 15.9 Å². The van der Waals surface area contributed by atoms with E-state index in [1.165, 1.54) is 12.1 Å². The van der Waals surface area contributed by atoms with Gasteiger partial charge in [-0.1, -0.05) is 12.1 Å². The minimum absolute atomic E-state index is 0.335. The highest BCUT2D eigenvalue weighted by Gasteiger charge is 2.03. The van der Waals surface area contributed by atoms with Crippen molar-refractivity contribution in [2.24, 2.45) is 0 Å². The van der Waals surface area contributed by atoms with E-state index in [0.29, 0.717) is 17.2 Å². The van der Waals surface area contributed by atoms with E-state index in [9.17, 15) is 4.39 Å². The third kappa shape index (κ3) is 2.52. The van der Waals surface area contributed by atoms with E-state index in [1.807, 2.05) is 18.2 Å². The van der Waals surface area contributed by atoms with Crippen LogP contribution in [0.2, 0.25) is 0 Å². The molecule has 0 fully saturated rings. The van der Waals surface area contributed by atoms with Crippen LogP contribution in [0, 0.1) is 5.82 Å². The summed E-state index contributed by atoms with van der Waals surface area (Å²) in [7, 11) is 0. The number of nitrogens with two attached hydrogens (primary N) is 1. The molecule has 0 spiro atoms. The van der Waals surface area contributed by atoms with Crippen LogP contribution in [0.4, 0.5) is 10.1 Å². The van der Waals surface area contributed by atoms with Gasteiger partial charge in [-0.05, 0) is 34.1 Å². The molecule has 0 aliphatic rings. The van der Waals surface area contributed by atoms with Crippen molar-refractivity contribution in [3.63, 3.8) is 0 Å². The topological polar surface area (TPSA) is 35.2 Å². The maximum Gasteiger partial charge on any atom is 0.141 e. The highest BCUT2D eigenvalue weighted by atomic mass is 79.9. The van der Waals surface area contributed by atoms with Crippen molar-refractivity contribution >= 4 is 21.6 Å². The second kappa shape index (κ2) is 4.53. The monoisotopic (exact) mass is 281 g/mol. The number of nitrogen functional groups attached to an aromatic ring is 1. The number of halogens is 2. The molecule has 0 saturated heterocycles. The quantitative estimate of drug-likeness (QED) is 0.846. The fraction of sp³-hybridized carbons (Fsp3) is 0. The number of rotatable bonds is 2. The molecule has 0 saturated carbocycles. The van der Waals surface area contributed by atoms with Crippen molar-refractivity contribution in [1.29, 1.82) is 0 Å². The normalized spacial score (nSPS) is 10.1. The molecule has 0 bridgehead atoms. The van der Waals surface area contributed by atoms with E-state index in [4.69, 9.17) is 10.5 Å². The first-order valence-corrected chi connectivity index (χ1v) is 5.43. The van der Waals surface area contributed by atoms with Gasteiger partial charge in [0.05, 0.1) is 4.47 Å². The van der Waals surface area contributed by atoms with Crippen LogP contribution in [0.3, 0.4) is 0 Å². The third-order valence-corrected chi connectivity index (χ3v) is 2.61. The van der Waals surface area contributed by atoms with Crippen LogP contribution in [0.15, 0.2) is 46.9 Å². The van der Waals surface area contributed by atoms with Crippen molar-refractivity contribution in [2.75, 3.05) is 5.73 Å². The first-order valence-electron chi connectivity index (χ1n) is 4.63. The molecule has 2 aromatic carbocycles. The molecule has 0 aliphatic carbocycles. The molecule has 0 amide bonds. The number of para-hydroxylation sites is 1. The Hall–Kier alpha value is -1.55. The highest BCUT2D eigenvalue weighted by molar-refractivity contribution is 9.10. The summed E-state index contributed by atoms with van der Waals surface area (Å²) in [5.41, 5.74) is 5.85.